The van der Waals surface area contributed by atoms with E-state index in [-0.39, 0.29) is 5.92 Å². The third-order valence-corrected chi connectivity index (χ3v) is 5.34. The number of aromatic nitrogens is 2. The molecule has 0 spiro atoms. The molecule has 1 atom stereocenters. The Labute approximate surface area is 137 Å². The van der Waals surface area contributed by atoms with E-state index in [1.165, 1.54) is 17.7 Å². The number of piperazine rings is 1. The van der Waals surface area contributed by atoms with Crippen LogP contribution in [0.2, 0.25) is 0 Å². The second-order valence-electron chi connectivity index (χ2n) is 6.82. The molecule has 0 saturated carbocycles. The van der Waals surface area contributed by atoms with Gasteiger partial charge in [-0.05, 0) is 50.2 Å². The molecule has 1 fully saturated rings. The molecular weight excluding hydrogens is 288 g/mol. The van der Waals surface area contributed by atoms with Gasteiger partial charge in [-0.3, -0.25) is 4.79 Å². The van der Waals surface area contributed by atoms with Gasteiger partial charge < -0.3 is 9.80 Å². The van der Waals surface area contributed by atoms with Crippen molar-refractivity contribution < 1.29 is 4.79 Å². The van der Waals surface area contributed by atoms with Crippen LogP contribution >= 0.6 is 0 Å². The molecule has 2 heterocycles. The Balaban J connectivity index is 1.37. The Morgan fingerprint density at radius 1 is 1.09 bits per heavy atom. The van der Waals surface area contributed by atoms with Gasteiger partial charge in [0.2, 0.25) is 5.91 Å². The molecular formula is C18H24N4O. The first-order chi connectivity index (χ1) is 11.3. The van der Waals surface area contributed by atoms with Crippen LogP contribution in [-0.2, 0) is 17.6 Å². The molecule has 0 bridgehead atoms. The normalized spacial score (nSPS) is 23.9. The Hall–Kier alpha value is -1.91. The molecule has 1 amide bonds. The number of nitrogens with zero attached hydrogens (tertiary/aromatic N) is 4. The average molecular weight is 312 g/mol. The summed E-state index contributed by atoms with van der Waals surface area (Å²) in [5, 5.41) is 8.78. The van der Waals surface area contributed by atoms with Gasteiger partial charge in [0.15, 0.2) is 5.82 Å². The molecule has 3 aliphatic rings. The molecule has 1 aliphatic heterocycles. The highest BCUT2D eigenvalue weighted by Gasteiger charge is 2.28. The van der Waals surface area contributed by atoms with Gasteiger partial charge in [0, 0.05) is 32.1 Å². The van der Waals surface area contributed by atoms with Gasteiger partial charge in [-0.15, -0.1) is 5.10 Å². The minimum absolute atomic E-state index is 0.200. The van der Waals surface area contributed by atoms with Gasteiger partial charge in [-0.1, -0.05) is 12.2 Å². The molecule has 1 aromatic rings. The SMILES string of the molecule is O=C(C1CC=CCC1)N1CCN(c2cc3c(nn2)CCC3)CC1. The number of aryl methyl sites for hydroxylation is 2. The van der Waals surface area contributed by atoms with Crippen LogP contribution in [0.1, 0.15) is 36.9 Å². The Morgan fingerprint density at radius 3 is 2.74 bits per heavy atom. The van der Waals surface area contributed by atoms with Crippen molar-refractivity contribution in [1.29, 1.82) is 0 Å². The van der Waals surface area contributed by atoms with Gasteiger partial charge >= 0.3 is 0 Å². The standard InChI is InChI=1S/C18H24N4O/c23-18(14-5-2-1-3-6-14)22-11-9-21(10-12-22)17-13-15-7-4-8-16(15)19-20-17/h1-2,13-14H,3-12H2. The zero-order valence-electron chi connectivity index (χ0n) is 13.6. The van der Waals surface area contributed by atoms with Crippen LogP contribution in [0.25, 0.3) is 0 Å². The summed E-state index contributed by atoms with van der Waals surface area (Å²) in [7, 11) is 0. The molecule has 5 nitrogen and oxygen atoms in total. The number of hydrogen-bond donors (Lipinski definition) is 0. The van der Waals surface area contributed by atoms with E-state index in [2.05, 4.69) is 33.3 Å². The average Bonchev–Trinajstić information content (AvgIpc) is 3.10. The highest BCUT2D eigenvalue weighted by atomic mass is 16.2. The smallest absolute Gasteiger partial charge is 0.226 e. The second-order valence-corrected chi connectivity index (χ2v) is 6.82. The summed E-state index contributed by atoms with van der Waals surface area (Å²) in [5.41, 5.74) is 2.54. The van der Waals surface area contributed by atoms with Gasteiger partial charge in [-0.2, -0.15) is 5.10 Å². The highest BCUT2D eigenvalue weighted by Crippen LogP contribution is 2.25. The monoisotopic (exact) mass is 312 g/mol. The molecule has 1 aromatic heterocycles. The molecule has 1 saturated heterocycles. The highest BCUT2D eigenvalue weighted by molar-refractivity contribution is 5.79. The quantitative estimate of drug-likeness (QED) is 0.784. The minimum Gasteiger partial charge on any atom is -0.352 e. The lowest BCUT2D eigenvalue weighted by Crippen LogP contribution is -2.50. The first-order valence-corrected chi connectivity index (χ1v) is 8.85. The van der Waals surface area contributed by atoms with E-state index in [1.807, 2.05) is 4.90 Å². The van der Waals surface area contributed by atoms with Crippen molar-refractivity contribution in [2.24, 2.45) is 5.92 Å². The third kappa shape index (κ3) is 2.96. The largest absolute Gasteiger partial charge is 0.352 e. The molecule has 0 aromatic carbocycles. The zero-order valence-corrected chi connectivity index (χ0v) is 13.6. The topological polar surface area (TPSA) is 49.3 Å². The summed E-state index contributed by atoms with van der Waals surface area (Å²) in [5.74, 6) is 1.53. The van der Waals surface area contributed by atoms with Crippen molar-refractivity contribution in [1.82, 2.24) is 15.1 Å². The predicted molar refractivity (Wildman–Crippen MR) is 89.3 cm³/mol. The number of carbonyl (C=O) groups excluding carboxylic acids is 1. The molecule has 5 heteroatoms. The number of hydrogen-bond acceptors (Lipinski definition) is 4. The Kier molecular flexibility index (Phi) is 4.02. The molecule has 2 aliphatic carbocycles. The van der Waals surface area contributed by atoms with Crippen LogP contribution in [0, 0.1) is 5.92 Å². The van der Waals surface area contributed by atoms with E-state index in [1.54, 1.807) is 0 Å². The Bertz CT molecular complexity index is 619. The van der Waals surface area contributed by atoms with E-state index in [9.17, 15) is 4.79 Å². The van der Waals surface area contributed by atoms with Crippen molar-refractivity contribution in [2.45, 2.75) is 38.5 Å². The van der Waals surface area contributed by atoms with Gasteiger partial charge in [-0.25, -0.2) is 0 Å². The fraction of sp³-hybridized carbons (Fsp3) is 0.611. The second kappa shape index (κ2) is 6.30. The number of rotatable bonds is 2. The van der Waals surface area contributed by atoms with E-state index >= 15 is 0 Å². The van der Waals surface area contributed by atoms with E-state index in [0.717, 1.165) is 64.1 Å². The first-order valence-electron chi connectivity index (χ1n) is 8.85. The minimum atomic E-state index is 0.200. The Morgan fingerprint density at radius 2 is 1.96 bits per heavy atom. The number of fused-ring (bicyclic) bond motifs is 1. The lowest BCUT2D eigenvalue weighted by atomic mass is 9.93. The first kappa shape index (κ1) is 14.7. The maximum atomic E-state index is 12.6. The fourth-order valence-corrected chi connectivity index (χ4v) is 3.90. The van der Waals surface area contributed by atoms with Crippen LogP contribution in [-0.4, -0.2) is 47.2 Å². The van der Waals surface area contributed by atoms with Crippen molar-refractivity contribution in [3.8, 4) is 0 Å². The number of anilines is 1. The van der Waals surface area contributed by atoms with Gasteiger partial charge in [0.05, 0.1) is 5.69 Å². The summed E-state index contributed by atoms with van der Waals surface area (Å²) in [6.45, 7) is 3.33. The van der Waals surface area contributed by atoms with Gasteiger partial charge in [0.25, 0.3) is 0 Å². The maximum absolute atomic E-state index is 12.6. The van der Waals surface area contributed by atoms with Crippen LogP contribution in [0.3, 0.4) is 0 Å². The number of amides is 1. The molecule has 23 heavy (non-hydrogen) atoms. The van der Waals surface area contributed by atoms with Crippen molar-refractivity contribution >= 4 is 11.7 Å². The van der Waals surface area contributed by atoms with Crippen molar-refractivity contribution in [3.05, 3.63) is 29.5 Å². The van der Waals surface area contributed by atoms with Crippen LogP contribution < -0.4 is 4.90 Å². The maximum Gasteiger partial charge on any atom is 0.226 e. The summed E-state index contributed by atoms with van der Waals surface area (Å²) < 4.78 is 0. The summed E-state index contributed by atoms with van der Waals surface area (Å²) in [6.07, 6.45) is 10.7. The summed E-state index contributed by atoms with van der Waals surface area (Å²) in [4.78, 5) is 16.9. The molecule has 122 valence electrons. The van der Waals surface area contributed by atoms with E-state index < -0.39 is 0 Å². The van der Waals surface area contributed by atoms with E-state index in [4.69, 9.17) is 0 Å². The number of carbonyl (C=O) groups is 1. The van der Waals surface area contributed by atoms with Crippen molar-refractivity contribution in [2.75, 3.05) is 31.1 Å². The van der Waals surface area contributed by atoms with Gasteiger partial charge in [0.1, 0.15) is 0 Å². The van der Waals surface area contributed by atoms with Crippen molar-refractivity contribution in [3.63, 3.8) is 0 Å². The number of allylic oxidation sites excluding steroid dienone is 2. The molecule has 0 N–H and O–H groups in total. The van der Waals surface area contributed by atoms with Crippen LogP contribution in [0.15, 0.2) is 18.2 Å². The van der Waals surface area contributed by atoms with E-state index in [0.29, 0.717) is 5.91 Å². The predicted octanol–water partition coefficient (Wildman–Crippen LogP) is 1.97. The van der Waals surface area contributed by atoms with Crippen LogP contribution in [0.4, 0.5) is 5.82 Å². The zero-order chi connectivity index (χ0) is 15.6. The molecule has 1 unspecified atom stereocenters. The summed E-state index contributed by atoms with van der Waals surface area (Å²) in [6, 6.07) is 2.21. The summed E-state index contributed by atoms with van der Waals surface area (Å²) >= 11 is 0. The lowest BCUT2D eigenvalue weighted by Gasteiger charge is -2.37. The third-order valence-electron chi connectivity index (χ3n) is 5.34. The lowest BCUT2D eigenvalue weighted by molar-refractivity contribution is -0.136. The molecule has 0 radical (unpaired) electrons. The molecule has 4 rings (SSSR count). The van der Waals surface area contributed by atoms with Crippen LogP contribution in [0.5, 0.6) is 0 Å². The fourth-order valence-electron chi connectivity index (χ4n) is 3.90.